The van der Waals surface area contributed by atoms with Crippen molar-refractivity contribution in [1.82, 2.24) is 20.0 Å². The summed E-state index contributed by atoms with van der Waals surface area (Å²) < 4.78 is 1.88. The smallest absolute Gasteiger partial charge is 0.0534 e. The van der Waals surface area contributed by atoms with Gasteiger partial charge in [0.25, 0.3) is 0 Å². The van der Waals surface area contributed by atoms with Crippen molar-refractivity contribution in [1.29, 1.82) is 0 Å². The largest absolute Gasteiger partial charge is 0.315 e. The molecule has 5 heteroatoms. The molecule has 4 nitrogen and oxygen atoms in total. The first-order valence-electron chi connectivity index (χ1n) is 6.22. The van der Waals surface area contributed by atoms with Crippen LogP contribution < -0.4 is 5.32 Å². The lowest BCUT2D eigenvalue weighted by molar-refractivity contribution is 0.199. The standard InChI is InChI=1S/C12H22N4.ClH/c1-3-6-16(12-4-5-13-8-12)10-11-7-14-15(2)9-11;/h7,9,12-13H,3-6,8,10H2,1-2H3;1H. The Labute approximate surface area is 110 Å². The molecule has 1 atom stereocenters. The summed E-state index contributed by atoms with van der Waals surface area (Å²) >= 11 is 0. The number of nitrogens with zero attached hydrogens (tertiary/aromatic N) is 3. The SMILES string of the molecule is CCCN(Cc1cnn(C)c1)C1CCNC1.Cl. The Morgan fingerprint density at radius 1 is 1.59 bits per heavy atom. The molecular formula is C12H23ClN4. The molecule has 1 fully saturated rings. The van der Waals surface area contributed by atoms with Gasteiger partial charge >= 0.3 is 0 Å². The van der Waals surface area contributed by atoms with Crippen LogP contribution in [0.5, 0.6) is 0 Å². The number of aromatic nitrogens is 2. The normalized spacial score (nSPS) is 19.6. The van der Waals surface area contributed by atoms with E-state index in [0.29, 0.717) is 6.04 Å². The Bertz CT molecular complexity index is 320. The second kappa shape index (κ2) is 6.99. The highest BCUT2D eigenvalue weighted by molar-refractivity contribution is 5.85. The Kier molecular flexibility index (Phi) is 5.95. The molecule has 1 aliphatic heterocycles. The van der Waals surface area contributed by atoms with Crippen LogP contribution in [0.2, 0.25) is 0 Å². The van der Waals surface area contributed by atoms with E-state index in [1.165, 1.54) is 24.9 Å². The summed E-state index contributed by atoms with van der Waals surface area (Å²) in [6.45, 7) is 6.77. The number of rotatable bonds is 5. The van der Waals surface area contributed by atoms with Crippen molar-refractivity contribution < 1.29 is 0 Å². The van der Waals surface area contributed by atoms with E-state index < -0.39 is 0 Å². The molecule has 1 unspecified atom stereocenters. The lowest BCUT2D eigenvalue weighted by atomic mass is 10.2. The summed E-state index contributed by atoms with van der Waals surface area (Å²) in [4.78, 5) is 2.58. The molecule has 17 heavy (non-hydrogen) atoms. The van der Waals surface area contributed by atoms with Crippen molar-refractivity contribution in [2.45, 2.75) is 32.4 Å². The summed E-state index contributed by atoms with van der Waals surface area (Å²) in [6, 6.07) is 0.708. The third-order valence-corrected chi connectivity index (χ3v) is 3.21. The number of aryl methyl sites for hydroxylation is 1. The maximum Gasteiger partial charge on any atom is 0.0534 e. The molecule has 0 aliphatic carbocycles. The van der Waals surface area contributed by atoms with E-state index in [1.54, 1.807) is 0 Å². The fourth-order valence-electron chi connectivity index (χ4n) is 2.42. The maximum atomic E-state index is 4.23. The molecular weight excluding hydrogens is 236 g/mol. The first-order valence-corrected chi connectivity index (χ1v) is 6.22. The van der Waals surface area contributed by atoms with Crippen molar-refractivity contribution in [3.05, 3.63) is 18.0 Å². The van der Waals surface area contributed by atoms with E-state index in [9.17, 15) is 0 Å². The predicted octanol–water partition coefficient (Wildman–Crippen LogP) is 1.42. The molecule has 0 spiro atoms. The quantitative estimate of drug-likeness (QED) is 0.867. The summed E-state index contributed by atoms with van der Waals surface area (Å²) in [7, 11) is 1.98. The van der Waals surface area contributed by atoms with Gasteiger partial charge in [-0.1, -0.05) is 6.92 Å². The van der Waals surface area contributed by atoms with E-state index in [1.807, 2.05) is 17.9 Å². The molecule has 1 aromatic heterocycles. The van der Waals surface area contributed by atoms with Crippen LogP contribution in [0.1, 0.15) is 25.3 Å². The topological polar surface area (TPSA) is 33.1 Å². The predicted molar refractivity (Wildman–Crippen MR) is 72.4 cm³/mol. The van der Waals surface area contributed by atoms with E-state index >= 15 is 0 Å². The summed E-state index contributed by atoms with van der Waals surface area (Å²) in [5, 5.41) is 7.67. The minimum absolute atomic E-state index is 0. The molecule has 1 aliphatic rings. The summed E-state index contributed by atoms with van der Waals surface area (Å²) in [5.74, 6) is 0. The van der Waals surface area contributed by atoms with Gasteiger partial charge in [0.05, 0.1) is 6.20 Å². The monoisotopic (exact) mass is 258 g/mol. The fraction of sp³-hybridized carbons (Fsp3) is 0.750. The van der Waals surface area contributed by atoms with Gasteiger partial charge in [-0.2, -0.15) is 5.10 Å². The van der Waals surface area contributed by atoms with E-state index in [-0.39, 0.29) is 12.4 Å². The average Bonchev–Trinajstić information content (AvgIpc) is 2.88. The van der Waals surface area contributed by atoms with Gasteiger partial charge in [0.1, 0.15) is 0 Å². The second-order valence-electron chi connectivity index (χ2n) is 4.64. The lowest BCUT2D eigenvalue weighted by Crippen LogP contribution is -2.36. The zero-order valence-electron chi connectivity index (χ0n) is 10.7. The number of halogens is 1. The van der Waals surface area contributed by atoms with Crippen LogP contribution in [0.25, 0.3) is 0 Å². The minimum atomic E-state index is 0. The first-order chi connectivity index (χ1) is 7.79. The van der Waals surface area contributed by atoms with Crippen molar-refractivity contribution in [2.75, 3.05) is 19.6 Å². The summed E-state index contributed by atoms with van der Waals surface area (Å²) in [6.07, 6.45) is 6.59. The Hall–Kier alpha value is -0.580. The van der Waals surface area contributed by atoms with Crippen molar-refractivity contribution in [3.63, 3.8) is 0 Å². The Morgan fingerprint density at radius 2 is 2.41 bits per heavy atom. The molecule has 98 valence electrons. The van der Waals surface area contributed by atoms with Crippen LogP contribution >= 0.6 is 12.4 Å². The van der Waals surface area contributed by atoms with E-state index in [0.717, 1.165) is 19.6 Å². The second-order valence-corrected chi connectivity index (χ2v) is 4.64. The molecule has 0 amide bonds. The Morgan fingerprint density at radius 3 is 2.94 bits per heavy atom. The van der Waals surface area contributed by atoms with Gasteiger partial charge in [0.15, 0.2) is 0 Å². The highest BCUT2D eigenvalue weighted by atomic mass is 35.5. The van der Waals surface area contributed by atoms with Crippen LogP contribution in [-0.4, -0.2) is 40.4 Å². The summed E-state index contributed by atoms with van der Waals surface area (Å²) in [5.41, 5.74) is 1.32. The Balaban J connectivity index is 0.00000144. The van der Waals surface area contributed by atoms with Gasteiger partial charge in [0.2, 0.25) is 0 Å². The van der Waals surface area contributed by atoms with E-state index in [4.69, 9.17) is 0 Å². The van der Waals surface area contributed by atoms with Crippen molar-refractivity contribution in [3.8, 4) is 0 Å². The zero-order chi connectivity index (χ0) is 11.4. The number of hydrogen-bond donors (Lipinski definition) is 1. The highest BCUT2D eigenvalue weighted by Gasteiger charge is 2.21. The molecule has 2 heterocycles. The molecule has 1 saturated heterocycles. The lowest BCUT2D eigenvalue weighted by Gasteiger charge is -2.27. The van der Waals surface area contributed by atoms with Gasteiger partial charge in [-0.15, -0.1) is 12.4 Å². The molecule has 0 saturated carbocycles. The molecule has 0 bridgehead atoms. The van der Waals surface area contributed by atoms with Crippen molar-refractivity contribution >= 4 is 12.4 Å². The molecule has 1 aromatic rings. The van der Waals surface area contributed by atoms with Crippen LogP contribution in [0.3, 0.4) is 0 Å². The van der Waals surface area contributed by atoms with Gasteiger partial charge in [-0.25, -0.2) is 0 Å². The third-order valence-electron chi connectivity index (χ3n) is 3.21. The molecule has 0 radical (unpaired) electrons. The van der Waals surface area contributed by atoms with Crippen LogP contribution in [0, 0.1) is 0 Å². The van der Waals surface area contributed by atoms with Crippen molar-refractivity contribution in [2.24, 2.45) is 7.05 Å². The van der Waals surface area contributed by atoms with Gasteiger partial charge in [-0.05, 0) is 25.9 Å². The average molecular weight is 259 g/mol. The van der Waals surface area contributed by atoms with Crippen LogP contribution in [0.4, 0.5) is 0 Å². The minimum Gasteiger partial charge on any atom is -0.315 e. The number of hydrogen-bond acceptors (Lipinski definition) is 3. The van der Waals surface area contributed by atoms with Crippen LogP contribution in [-0.2, 0) is 13.6 Å². The van der Waals surface area contributed by atoms with Gasteiger partial charge in [-0.3, -0.25) is 9.58 Å². The maximum absolute atomic E-state index is 4.23. The highest BCUT2D eigenvalue weighted by Crippen LogP contribution is 2.13. The number of nitrogens with one attached hydrogen (secondary N) is 1. The third kappa shape index (κ3) is 3.98. The first kappa shape index (κ1) is 14.5. The van der Waals surface area contributed by atoms with Gasteiger partial charge < -0.3 is 5.32 Å². The fourth-order valence-corrected chi connectivity index (χ4v) is 2.42. The zero-order valence-corrected chi connectivity index (χ0v) is 11.5. The molecule has 1 N–H and O–H groups in total. The molecule has 2 rings (SSSR count). The molecule has 0 aromatic carbocycles. The van der Waals surface area contributed by atoms with Crippen LogP contribution in [0.15, 0.2) is 12.4 Å². The van der Waals surface area contributed by atoms with E-state index in [2.05, 4.69) is 28.4 Å². The van der Waals surface area contributed by atoms with Gasteiger partial charge in [0, 0.05) is 37.9 Å².